The number of amides is 1. The molecule has 0 N–H and O–H groups in total. The summed E-state index contributed by atoms with van der Waals surface area (Å²) < 4.78 is 0. The molecule has 0 atom stereocenters. The van der Waals surface area contributed by atoms with Crippen LogP contribution in [0.4, 0.5) is 5.82 Å². The first kappa shape index (κ1) is 21.0. The Hall–Kier alpha value is -3.21. The smallest absolute Gasteiger partial charge is 0.219 e. The fourth-order valence-electron chi connectivity index (χ4n) is 4.18. The SMILES string of the molecule is CC(=O)N1CCN(c2nc(-c3ccccc3)nc(C)c2Cc2cc(C)ccc2C)CC1. The van der Waals surface area contributed by atoms with Crippen LogP contribution in [0.5, 0.6) is 0 Å². The molecule has 1 aliphatic rings. The molecule has 1 aromatic heterocycles. The van der Waals surface area contributed by atoms with Crippen molar-refractivity contribution in [2.45, 2.75) is 34.1 Å². The molecule has 1 aliphatic heterocycles. The maximum Gasteiger partial charge on any atom is 0.219 e. The number of anilines is 1. The summed E-state index contributed by atoms with van der Waals surface area (Å²) in [7, 11) is 0. The Kier molecular flexibility index (Phi) is 6.03. The molecule has 3 aromatic rings. The molecular formula is C26H30N4O. The normalized spacial score (nSPS) is 14.1. The van der Waals surface area contributed by atoms with E-state index in [-0.39, 0.29) is 5.91 Å². The Morgan fingerprint density at radius 2 is 1.65 bits per heavy atom. The van der Waals surface area contributed by atoms with Gasteiger partial charge in [-0.3, -0.25) is 4.79 Å². The number of rotatable bonds is 4. The number of benzene rings is 2. The van der Waals surface area contributed by atoms with Gasteiger partial charge < -0.3 is 9.80 Å². The third-order valence-electron chi connectivity index (χ3n) is 6.12. The lowest BCUT2D eigenvalue weighted by Crippen LogP contribution is -2.48. The first-order valence-corrected chi connectivity index (χ1v) is 10.9. The maximum atomic E-state index is 11.8. The van der Waals surface area contributed by atoms with Crippen molar-refractivity contribution in [3.8, 4) is 11.4 Å². The maximum absolute atomic E-state index is 11.8. The minimum Gasteiger partial charge on any atom is -0.353 e. The minimum absolute atomic E-state index is 0.138. The lowest BCUT2D eigenvalue weighted by Gasteiger charge is -2.36. The van der Waals surface area contributed by atoms with E-state index < -0.39 is 0 Å². The molecule has 2 aromatic carbocycles. The minimum atomic E-state index is 0.138. The van der Waals surface area contributed by atoms with Gasteiger partial charge in [-0.05, 0) is 31.9 Å². The Morgan fingerprint density at radius 1 is 0.935 bits per heavy atom. The molecule has 0 aliphatic carbocycles. The van der Waals surface area contributed by atoms with Gasteiger partial charge in [0, 0.05) is 56.3 Å². The van der Waals surface area contributed by atoms with Crippen molar-refractivity contribution in [3.63, 3.8) is 0 Å². The van der Waals surface area contributed by atoms with Crippen LogP contribution in [0.25, 0.3) is 11.4 Å². The molecule has 0 unspecified atom stereocenters. The van der Waals surface area contributed by atoms with Gasteiger partial charge >= 0.3 is 0 Å². The lowest BCUT2D eigenvalue weighted by atomic mass is 9.97. The molecule has 4 rings (SSSR count). The summed E-state index contributed by atoms with van der Waals surface area (Å²) in [5.74, 6) is 1.89. The van der Waals surface area contributed by atoms with Crippen molar-refractivity contribution in [1.82, 2.24) is 14.9 Å². The van der Waals surface area contributed by atoms with E-state index in [0.717, 1.165) is 55.5 Å². The van der Waals surface area contributed by atoms with E-state index in [4.69, 9.17) is 9.97 Å². The topological polar surface area (TPSA) is 49.3 Å². The summed E-state index contributed by atoms with van der Waals surface area (Å²) >= 11 is 0. The van der Waals surface area contributed by atoms with Crippen molar-refractivity contribution in [1.29, 1.82) is 0 Å². The summed E-state index contributed by atoms with van der Waals surface area (Å²) in [6.07, 6.45) is 0.802. The van der Waals surface area contributed by atoms with E-state index in [0.29, 0.717) is 0 Å². The van der Waals surface area contributed by atoms with Crippen molar-refractivity contribution in [3.05, 3.63) is 76.5 Å². The van der Waals surface area contributed by atoms with Crippen LogP contribution in [0.3, 0.4) is 0 Å². The van der Waals surface area contributed by atoms with E-state index in [1.807, 2.05) is 23.1 Å². The van der Waals surface area contributed by atoms with Crippen molar-refractivity contribution in [2.75, 3.05) is 31.1 Å². The number of aryl methyl sites for hydroxylation is 3. The number of carbonyl (C=O) groups excluding carboxylic acids is 1. The highest BCUT2D eigenvalue weighted by Crippen LogP contribution is 2.29. The van der Waals surface area contributed by atoms with Gasteiger partial charge in [0.05, 0.1) is 0 Å². The molecule has 160 valence electrons. The number of aromatic nitrogens is 2. The van der Waals surface area contributed by atoms with Crippen molar-refractivity contribution < 1.29 is 4.79 Å². The second-order valence-corrected chi connectivity index (χ2v) is 8.40. The van der Waals surface area contributed by atoms with Crippen LogP contribution in [0.2, 0.25) is 0 Å². The van der Waals surface area contributed by atoms with Gasteiger partial charge in [-0.1, -0.05) is 54.1 Å². The molecule has 1 saturated heterocycles. The Morgan fingerprint density at radius 3 is 2.32 bits per heavy atom. The van der Waals surface area contributed by atoms with Crippen molar-refractivity contribution >= 4 is 11.7 Å². The van der Waals surface area contributed by atoms with Crippen molar-refractivity contribution in [2.24, 2.45) is 0 Å². The molecule has 1 fully saturated rings. The molecule has 0 radical (unpaired) electrons. The summed E-state index contributed by atoms with van der Waals surface area (Å²) in [6.45, 7) is 11.0. The highest BCUT2D eigenvalue weighted by atomic mass is 16.2. The molecule has 0 spiro atoms. The summed E-state index contributed by atoms with van der Waals surface area (Å²) in [4.78, 5) is 26.0. The Bertz CT molecular complexity index is 1090. The number of nitrogens with zero attached hydrogens (tertiary/aromatic N) is 4. The van der Waals surface area contributed by atoms with Crippen LogP contribution in [-0.2, 0) is 11.2 Å². The average molecular weight is 415 g/mol. The van der Waals surface area contributed by atoms with Crippen LogP contribution < -0.4 is 4.90 Å². The average Bonchev–Trinajstić information content (AvgIpc) is 2.78. The van der Waals surface area contributed by atoms with Gasteiger partial charge in [0.2, 0.25) is 5.91 Å². The quantitative estimate of drug-likeness (QED) is 0.638. The first-order chi connectivity index (χ1) is 14.9. The van der Waals surface area contributed by atoms with Gasteiger partial charge in [0.25, 0.3) is 0 Å². The largest absolute Gasteiger partial charge is 0.353 e. The third kappa shape index (κ3) is 4.61. The van der Waals surface area contributed by atoms with E-state index in [1.54, 1.807) is 6.92 Å². The summed E-state index contributed by atoms with van der Waals surface area (Å²) in [6, 6.07) is 16.7. The van der Waals surface area contributed by atoms with E-state index in [1.165, 1.54) is 22.3 Å². The van der Waals surface area contributed by atoms with Gasteiger partial charge in [-0.2, -0.15) is 0 Å². The number of carbonyl (C=O) groups is 1. The monoisotopic (exact) mass is 414 g/mol. The molecule has 5 nitrogen and oxygen atoms in total. The zero-order valence-electron chi connectivity index (χ0n) is 18.9. The van der Waals surface area contributed by atoms with Gasteiger partial charge in [0.1, 0.15) is 5.82 Å². The van der Waals surface area contributed by atoms with E-state index >= 15 is 0 Å². The Balaban J connectivity index is 1.76. The molecule has 0 bridgehead atoms. The van der Waals surface area contributed by atoms with Gasteiger partial charge in [-0.25, -0.2) is 9.97 Å². The summed E-state index contributed by atoms with van der Waals surface area (Å²) in [5, 5.41) is 0. The van der Waals surface area contributed by atoms with Crippen LogP contribution >= 0.6 is 0 Å². The molecule has 5 heteroatoms. The molecule has 2 heterocycles. The van der Waals surface area contributed by atoms with Gasteiger partial charge in [0.15, 0.2) is 5.82 Å². The second kappa shape index (κ2) is 8.88. The number of hydrogen-bond donors (Lipinski definition) is 0. The van der Waals surface area contributed by atoms with Crippen LogP contribution in [0, 0.1) is 20.8 Å². The highest BCUT2D eigenvalue weighted by Gasteiger charge is 2.24. The van der Waals surface area contributed by atoms with Crippen LogP contribution in [-0.4, -0.2) is 47.0 Å². The lowest BCUT2D eigenvalue weighted by molar-refractivity contribution is -0.129. The zero-order valence-corrected chi connectivity index (χ0v) is 18.9. The third-order valence-corrected chi connectivity index (χ3v) is 6.12. The second-order valence-electron chi connectivity index (χ2n) is 8.40. The van der Waals surface area contributed by atoms with Crippen LogP contribution in [0.15, 0.2) is 48.5 Å². The van der Waals surface area contributed by atoms with E-state index in [2.05, 4.69) is 56.0 Å². The molecule has 31 heavy (non-hydrogen) atoms. The predicted molar refractivity (Wildman–Crippen MR) is 125 cm³/mol. The first-order valence-electron chi connectivity index (χ1n) is 10.9. The summed E-state index contributed by atoms with van der Waals surface area (Å²) in [5.41, 5.74) is 7.06. The number of piperazine rings is 1. The fraction of sp³-hybridized carbons (Fsp3) is 0.346. The standard InChI is InChI=1S/C26H30N4O/c1-18-10-11-19(2)23(16-18)17-24-20(3)27-25(22-8-6-5-7-9-22)28-26(24)30-14-12-29(13-15-30)21(4)31/h5-11,16H,12-15,17H2,1-4H3. The Labute approximate surface area is 184 Å². The van der Waals surface area contributed by atoms with Crippen LogP contribution in [0.1, 0.15) is 34.9 Å². The predicted octanol–water partition coefficient (Wildman–Crippen LogP) is 4.33. The fourth-order valence-corrected chi connectivity index (χ4v) is 4.18. The van der Waals surface area contributed by atoms with Gasteiger partial charge in [-0.15, -0.1) is 0 Å². The molecule has 1 amide bonds. The highest BCUT2D eigenvalue weighted by molar-refractivity contribution is 5.73. The molecule has 0 saturated carbocycles. The van der Waals surface area contributed by atoms with E-state index in [9.17, 15) is 4.79 Å². The zero-order chi connectivity index (χ0) is 22.0. The number of hydrogen-bond acceptors (Lipinski definition) is 4. The molecular weight excluding hydrogens is 384 g/mol.